The van der Waals surface area contributed by atoms with E-state index in [-0.39, 0.29) is 11.9 Å². The summed E-state index contributed by atoms with van der Waals surface area (Å²) in [5, 5.41) is 3.27. The predicted octanol–water partition coefficient (Wildman–Crippen LogP) is 4.51. The molecule has 0 amide bonds. The Hall–Kier alpha value is -1.19. The van der Waals surface area contributed by atoms with E-state index in [9.17, 15) is 4.39 Å². The average molecular weight is 322 g/mol. The van der Waals surface area contributed by atoms with Crippen LogP contribution in [-0.2, 0) is 0 Å². The molecule has 2 rings (SSSR count). The van der Waals surface area contributed by atoms with Crippen molar-refractivity contribution in [1.82, 2.24) is 5.32 Å². The van der Waals surface area contributed by atoms with Gasteiger partial charge < -0.3 is 5.32 Å². The normalized spacial score (nSPS) is 12.5. The number of nitrogens with one attached hydrogen (secondary N) is 1. The molecule has 100 valence electrons. The van der Waals surface area contributed by atoms with E-state index in [2.05, 4.69) is 53.3 Å². The van der Waals surface area contributed by atoms with Crippen LogP contribution in [0.5, 0.6) is 0 Å². The summed E-state index contributed by atoms with van der Waals surface area (Å²) < 4.78 is 14.4. The fourth-order valence-corrected chi connectivity index (χ4v) is 2.84. The Morgan fingerprint density at radius 2 is 1.79 bits per heavy atom. The summed E-state index contributed by atoms with van der Waals surface area (Å²) in [6.07, 6.45) is 0. The van der Waals surface area contributed by atoms with E-state index in [0.717, 1.165) is 10.0 Å². The first-order chi connectivity index (χ1) is 9.02. The summed E-state index contributed by atoms with van der Waals surface area (Å²) in [7, 11) is 1.89. The van der Waals surface area contributed by atoms with Gasteiger partial charge in [-0.15, -0.1) is 0 Å². The molecular weight excluding hydrogens is 305 g/mol. The number of aryl methyl sites for hydroxylation is 2. The maximum atomic E-state index is 13.5. The molecule has 0 radical (unpaired) electrons. The lowest BCUT2D eigenvalue weighted by atomic mass is 9.94. The zero-order valence-electron chi connectivity index (χ0n) is 11.3. The highest BCUT2D eigenvalue weighted by Gasteiger charge is 2.17. The van der Waals surface area contributed by atoms with Gasteiger partial charge in [-0.25, -0.2) is 4.39 Å². The minimum atomic E-state index is -0.219. The molecule has 0 aliphatic heterocycles. The van der Waals surface area contributed by atoms with Crippen LogP contribution in [0, 0.1) is 19.7 Å². The number of hydrogen-bond donors (Lipinski definition) is 1. The molecule has 2 aromatic carbocycles. The number of rotatable bonds is 3. The van der Waals surface area contributed by atoms with Crippen LogP contribution in [0.25, 0.3) is 0 Å². The molecule has 0 heterocycles. The van der Waals surface area contributed by atoms with Crippen molar-refractivity contribution in [3.8, 4) is 0 Å². The zero-order chi connectivity index (χ0) is 14.0. The van der Waals surface area contributed by atoms with Gasteiger partial charge in [0.05, 0.1) is 6.04 Å². The molecule has 1 nitrogen and oxygen atoms in total. The Morgan fingerprint density at radius 1 is 1.05 bits per heavy atom. The molecule has 0 bridgehead atoms. The van der Waals surface area contributed by atoms with Gasteiger partial charge in [0, 0.05) is 4.47 Å². The molecule has 1 unspecified atom stereocenters. The third-order valence-corrected chi connectivity index (χ3v) is 4.02. The third kappa shape index (κ3) is 3.04. The Labute approximate surface area is 122 Å². The first-order valence-corrected chi connectivity index (χ1v) is 7.01. The fourth-order valence-electron chi connectivity index (χ4n) is 2.36. The molecule has 0 aliphatic carbocycles. The Balaban J connectivity index is 2.52. The molecular formula is C16H17BrFN. The Kier molecular flexibility index (Phi) is 4.38. The van der Waals surface area contributed by atoms with Crippen LogP contribution >= 0.6 is 15.9 Å². The smallest absolute Gasteiger partial charge is 0.123 e. The first-order valence-electron chi connectivity index (χ1n) is 6.22. The second kappa shape index (κ2) is 5.85. The summed E-state index contributed by atoms with van der Waals surface area (Å²) in [6.45, 7) is 4.16. The van der Waals surface area contributed by atoms with Crippen molar-refractivity contribution in [3.05, 3.63) is 68.9 Å². The van der Waals surface area contributed by atoms with Gasteiger partial charge in [-0.2, -0.15) is 0 Å². The Bertz CT molecular complexity index is 595. The van der Waals surface area contributed by atoms with Crippen LogP contribution in [0.2, 0.25) is 0 Å². The van der Waals surface area contributed by atoms with Gasteiger partial charge in [-0.1, -0.05) is 39.7 Å². The molecule has 0 aliphatic rings. The highest BCUT2D eigenvalue weighted by atomic mass is 79.9. The SMILES string of the molecule is CNC(c1ccc(C)cc1C)c1cc(F)ccc1Br. The molecule has 19 heavy (non-hydrogen) atoms. The molecule has 3 heteroatoms. The van der Waals surface area contributed by atoms with E-state index in [4.69, 9.17) is 0 Å². The van der Waals surface area contributed by atoms with E-state index in [1.807, 2.05) is 7.05 Å². The molecule has 0 fully saturated rings. The molecule has 1 N–H and O–H groups in total. The summed E-state index contributed by atoms with van der Waals surface area (Å²) in [6, 6.07) is 11.1. The second-order valence-electron chi connectivity index (χ2n) is 4.75. The topological polar surface area (TPSA) is 12.0 Å². The second-order valence-corrected chi connectivity index (χ2v) is 5.60. The largest absolute Gasteiger partial charge is 0.309 e. The summed E-state index contributed by atoms with van der Waals surface area (Å²) >= 11 is 3.50. The first kappa shape index (κ1) is 14.2. The predicted molar refractivity (Wildman–Crippen MR) is 80.9 cm³/mol. The molecule has 0 aromatic heterocycles. The molecule has 0 spiro atoms. The van der Waals surface area contributed by atoms with Crippen LogP contribution in [0.15, 0.2) is 40.9 Å². The van der Waals surface area contributed by atoms with Crippen LogP contribution < -0.4 is 5.32 Å². The van der Waals surface area contributed by atoms with Crippen LogP contribution in [0.1, 0.15) is 28.3 Å². The minimum Gasteiger partial charge on any atom is -0.309 e. The summed E-state index contributed by atoms with van der Waals surface area (Å²) in [5.74, 6) is -0.219. The quantitative estimate of drug-likeness (QED) is 0.876. The lowest BCUT2D eigenvalue weighted by Gasteiger charge is -2.21. The average Bonchev–Trinajstić information content (AvgIpc) is 2.36. The van der Waals surface area contributed by atoms with E-state index < -0.39 is 0 Å². The fraction of sp³-hybridized carbons (Fsp3) is 0.250. The van der Waals surface area contributed by atoms with E-state index in [1.165, 1.54) is 22.8 Å². The standard InChI is InChI=1S/C16H17BrFN/c1-10-4-6-13(11(2)8-10)16(19-3)14-9-12(18)5-7-15(14)17/h4-9,16,19H,1-3H3. The van der Waals surface area contributed by atoms with Crippen LogP contribution in [0.3, 0.4) is 0 Å². The van der Waals surface area contributed by atoms with Gasteiger partial charge in [0.25, 0.3) is 0 Å². The molecule has 0 saturated carbocycles. The summed E-state index contributed by atoms with van der Waals surface area (Å²) in [4.78, 5) is 0. The highest BCUT2D eigenvalue weighted by Crippen LogP contribution is 2.31. The van der Waals surface area contributed by atoms with Crippen molar-refractivity contribution in [2.24, 2.45) is 0 Å². The van der Waals surface area contributed by atoms with Gasteiger partial charge in [0.1, 0.15) is 5.82 Å². The lowest BCUT2D eigenvalue weighted by molar-refractivity contribution is 0.615. The number of benzene rings is 2. The lowest BCUT2D eigenvalue weighted by Crippen LogP contribution is -2.19. The molecule has 2 aromatic rings. The van der Waals surface area contributed by atoms with E-state index in [1.54, 1.807) is 12.1 Å². The van der Waals surface area contributed by atoms with E-state index in [0.29, 0.717) is 0 Å². The maximum absolute atomic E-state index is 13.5. The maximum Gasteiger partial charge on any atom is 0.123 e. The van der Waals surface area contributed by atoms with Crippen molar-refractivity contribution >= 4 is 15.9 Å². The van der Waals surface area contributed by atoms with Gasteiger partial charge in [0.15, 0.2) is 0 Å². The van der Waals surface area contributed by atoms with Gasteiger partial charge >= 0.3 is 0 Å². The van der Waals surface area contributed by atoms with Gasteiger partial charge in [-0.05, 0) is 55.8 Å². The molecule has 1 atom stereocenters. The van der Waals surface area contributed by atoms with Crippen molar-refractivity contribution in [2.45, 2.75) is 19.9 Å². The molecule has 0 saturated heterocycles. The van der Waals surface area contributed by atoms with Gasteiger partial charge in [0.2, 0.25) is 0 Å². The zero-order valence-corrected chi connectivity index (χ0v) is 12.9. The number of hydrogen-bond acceptors (Lipinski definition) is 1. The number of halogens is 2. The van der Waals surface area contributed by atoms with Crippen molar-refractivity contribution < 1.29 is 4.39 Å². The summed E-state index contributed by atoms with van der Waals surface area (Å²) in [5.41, 5.74) is 4.51. The Morgan fingerprint density at radius 3 is 2.42 bits per heavy atom. The van der Waals surface area contributed by atoms with Crippen molar-refractivity contribution in [3.63, 3.8) is 0 Å². The van der Waals surface area contributed by atoms with Crippen molar-refractivity contribution in [2.75, 3.05) is 7.05 Å². The third-order valence-electron chi connectivity index (χ3n) is 3.29. The van der Waals surface area contributed by atoms with E-state index >= 15 is 0 Å². The van der Waals surface area contributed by atoms with Crippen LogP contribution in [0.4, 0.5) is 4.39 Å². The highest BCUT2D eigenvalue weighted by molar-refractivity contribution is 9.10. The van der Waals surface area contributed by atoms with Crippen molar-refractivity contribution in [1.29, 1.82) is 0 Å². The monoisotopic (exact) mass is 321 g/mol. The minimum absolute atomic E-state index is 0.0225. The van der Waals surface area contributed by atoms with Crippen LogP contribution in [-0.4, -0.2) is 7.05 Å². The van der Waals surface area contributed by atoms with Gasteiger partial charge in [-0.3, -0.25) is 0 Å².